The Bertz CT molecular complexity index is 745. The maximum atomic E-state index is 12.3. The van der Waals surface area contributed by atoms with Crippen molar-refractivity contribution in [2.24, 2.45) is 0 Å². The lowest BCUT2D eigenvalue weighted by Crippen LogP contribution is -2.36. The van der Waals surface area contributed by atoms with Gasteiger partial charge >= 0.3 is 0 Å². The van der Waals surface area contributed by atoms with Crippen LogP contribution in [0.3, 0.4) is 0 Å². The molecule has 0 fully saturated rings. The second kappa shape index (κ2) is 9.59. The molecule has 0 saturated carbocycles. The van der Waals surface area contributed by atoms with Crippen molar-refractivity contribution >= 4 is 41.2 Å². The van der Waals surface area contributed by atoms with E-state index in [2.05, 4.69) is 16.8 Å². The fourth-order valence-corrected chi connectivity index (χ4v) is 3.85. The third-order valence-electron chi connectivity index (χ3n) is 4.44. The third kappa shape index (κ3) is 5.47. The Morgan fingerprint density at radius 1 is 1.15 bits per heavy atom. The number of carbonyl (C=O) groups excluding carboxylic acids is 2. The maximum absolute atomic E-state index is 12.3. The molecular formula is C19H24ClN3O2S. The van der Waals surface area contributed by atoms with Crippen LogP contribution in [0, 0.1) is 0 Å². The van der Waals surface area contributed by atoms with Gasteiger partial charge in [-0.1, -0.05) is 12.1 Å². The van der Waals surface area contributed by atoms with E-state index in [1.807, 2.05) is 29.2 Å². The van der Waals surface area contributed by atoms with Gasteiger partial charge in [-0.05, 0) is 47.5 Å². The molecular weight excluding hydrogens is 370 g/mol. The van der Waals surface area contributed by atoms with Crippen molar-refractivity contribution < 1.29 is 9.59 Å². The highest BCUT2D eigenvalue weighted by atomic mass is 35.5. The Kier molecular flexibility index (Phi) is 7.48. The van der Waals surface area contributed by atoms with E-state index in [1.54, 1.807) is 11.3 Å². The minimum absolute atomic E-state index is 0. The molecule has 0 aliphatic carbocycles. The Morgan fingerprint density at radius 3 is 2.69 bits per heavy atom. The number of amides is 2. The maximum Gasteiger partial charge on any atom is 0.223 e. The van der Waals surface area contributed by atoms with E-state index in [0.717, 1.165) is 30.6 Å². The number of hydrogen-bond acceptors (Lipinski definition) is 4. The van der Waals surface area contributed by atoms with Crippen molar-refractivity contribution in [3.05, 3.63) is 51.7 Å². The molecule has 2 heterocycles. The summed E-state index contributed by atoms with van der Waals surface area (Å²) < 4.78 is 0. The predicted molar refractivity (Wildman–Crippen MR) is 107 cm³/mol. The second-order valence-electron chi connectivity index (χ2n) is 6.28. The first-order valence-electron chi connectivity index (χ1n) is 8.56. The van der Waals surface area contributed by atoms with Crippen LogP contribution in [0.1, 0.15) is 28.8 Å². The van der Waals surface area contributed by atoms with Crippen molar-refractivity contribution in [1.82, 2.24) is 10.2 Å². The molecule has 7 heteroatoms. The Hall–Kier alpha value is -2.05. The van der Waals surface area contributed by atoms with Gasteiger partial charge in [-0.25, -0.2) is 0 Å². The molecule has 3 rings (SSSR count). The summed E-state index contributed by atoms with van der Waals surface area (Å²) >= 11 is 1.76. The molecule has 1 aromatic carbocycles. The first-order valence-corrected chi connectivity index (χ1v) is 9.44. The van der Waals surface area contributed by atoms with Gasteiger partial charge in [-0.15, -0.1) is 23.7 Å². The number of nitrogens with one attached hydrogen (secondary N) is 1. The van der Waals surface area contributed by atoms with Gasteiger partial charge in [0.2, 0.25) is 11.8 Å². The number of rotatable bonds is 6. The number of anilines is 1. The molecule has 0 unspecified atom stereocenters. The summed E-state index contributed by atoms with van der Waals surface area (Å²) in [5.41, 5.74) is 8.76. The predicted octanol–water partition coefficient (Wildman–Crippen LogP) is 2.78. The summed E-state index contributed by atoms with van der Waals surface area (Å²) in [7, 11) is 0. The number of nitrogens with two attached hydrogens (primary N) is 1. The van der Waals surface area contributed by atoms with Crippen LogP contribution in [0.5, 0.6) is 0 Å². The van der Waals surface area contributed by atoms with Gasteiger partial charge in [0.05, 0.1) is 0 Å². The number of benzene rings is 1. The van der Waals surface area contributed by atoms with Crippen LogP contribution in [0.25, 0.3) is 0 Å². The summed E-state index contributed by atoms with van der Waals surface area (Å²) in [6.45, 7) is 2.00. The van der Waals surface area contributed by atoms with Gasteiger partial charge in [0.1, 0.15) is 0 Å². The molecule has 2 aromatic rings. The lowest BCUT2D eigenvalue weighted by atomic mass is 10.1. The van der Waals surface area contributed by atoms with Crippen molar-refractivity contribution in [3.8, 4) is 0 Å². The average Bonchev–Trinajstić information content (AvgIpc) is 3.09. The molecule has 3 N–H and O–H groups in total. The van der Waals surface area contributed by atoms with Gasteiger partial charge < -0.3 is 16.0 Å². The zero-order valence-corrected chi connectivity index (χ0v) is 16.2. The molecule has 0 saturated heterocycles. The highest BCUT2D eigenvalue weighted by Gasteiger charge is 2.21. The quantitative estimate of drug-likeness (QED) is 0.741. The SMILES string of the molecule is Cl.Nc1ccc(CCNC(=O)CCC(=O)N2CCc3sccc3C2)cc1. The van der Waals surface area contributed by atoms with Crippen LogP contribution in [0.15, 0.2) is 35.7 Å². The fourth-order valence-electron chi connectivity index (χ4n) is 2.96. The van der Waals surface area contributed by atoms with Crippen LogP contribution in [0.2, 0.25) is 0 Å². The highest BCUT2D eigenvalue weighted by Crippen LogP contribution is 2.24. The minimum Gasteiger partial charge on any atom is -0.399 e. The van der Waals surface area contributed by atoms with Gasteiger partial charge in [0.15, 0.2) is 0 Å². The number of halogens is 1. The van der Waals surface area contributed by atoms with Crippen LogP contribution in [-0.4, -0.2) is 29.8 Å². The summed E-state index contributed by atoms with van der Waals surface area (Å²) in [5, 5.41) is 4.95. The van der Waals surface area contributed by atoms with Gasteiger partial charge in [-0.2, -0.15) is 0 Å². The van der Waals surface area contributed by atoms with E-state index >= 15 is 0 Å². The lowest BCUT2D eigenvalue weighted by molar-refractivity contribution is -0.134. The molecule has 1 aliphatic heterocycles. The number of thiophene rings is 1. The number of hydrogen-bond donors (Lipinski definition) is 2. The minimum atomic E-state index is -0.0722. The number of carbonyl (C=O) groups is 2. The van der Waals surface area contributed by atoms with Gasteiger partial charge in [0, 0.05) is 43.0 Å². The first kappa shape index (κ1) is 20.3. The highest BCUT2D eigenvalue weighted by molar-refractivity contribution is 7.10. The molecule has 0 bridgehead atoms. The largest absolute Gasteiger partial charge is 0.399 e. The topological polar surface area (TPSA) is 75.4 Å². The molecule has 1 aliphatic rings. The van der Waals surface area contributed by atoms with Crippen molar-refractivity contribution in [2.75, 3.05) is 18.8 Å². The molecule has 0 atom stereocenters. The summed E-state index contributed by atoms with van der Waals surface area (Å²) in [5.74, 6) is -0.0115. The summed E-state index contributed by atoms with van der Waals surface area (Å²) in [6, 6.07) is 9.71. The van der Waals surface area contributed by atoms with E-state index in [-0.39, 0.29) is 37.1 Å². The molecule has 140 valence electrons. The summed E-state index contributed by atoms with van der Waals surface area (Å²) in [6.07, 6.45) is 2.19. The smallest absolute Gasteiger partial charge is 0.223 e. The van der Waals surface area contributed by atoms with Crippen molar-refractivity contribution in [1.29, 1.82) is 0 Å². The Morgan fingerprint density at radius 2 is 1.92 bits per heavy atom. The Balaban J connectivity index is 0.00000243. The number of nitrogen functional groups attached to an aromatic ring is 1. The normalized spacial score (nSPS) is 12.8. The van der Waals surface area contributed by atoms with Crippen molar-refractivity contribution in [3.63, 3.8) is 0 Å². The summed E-state index contributed by atoms with van der Waals surface area (Å²) in [4.78, 5) is 27.5. The standard InChI is InChI=1S/C19H23N3O2S.ClH/c20-16-3-1-14(2-4-16)7-10-21-18(23)5-6-19(24)22-11-8-17-15(13-22)9-12-25-17;/h1-4,9,12H,5-8,10-11,13,20H2,(H,21,23);1H. The molecule has 26 heavy (non-hydrogen) atoms. The van der Waals surface area contributed by atoms with E-state index in [9.17, 15) is 9.59 Å². The van der Waals surface area contributed by atoms with E-state index in [1.165, 1.54) is 10.4 Å². The zero-order valence-electron chi connectivity index (χ0n) is 14.6. The third-order valence-corrected chi connectivity index (χ3v) is 5.46. The second-order valence-corrected chi connectivity index (χ2v) is 7.28. The monoisotopic (exact) mass is 393 g/mol. The molecule has 2 amide bonds. The van der Waals surface area contributed by atoms with Gasteiger partial charge in [0.25, 0.3) is 0 Å². The number of nitrogens with zero attached hydrogens (tertiary/aromatic N) is 1. The van der Waals surface area contributed by atoms with Crippen LogP contribution in [0.4, 0.5) is 5.69 Å². The van der Waals surface area contributed by atoms with Crippen molar-refractivity contribution in [2.45, 2.75) is 32.2 Å². The molecule has 1 aromatic heterocycles. The van der Waals surface area contributed by atoms with E-state index in [0.29, 0.717) is 13.1 Å². The van der Waals surface area contributed by atoms with Crippen LogP contribution in [-0.2, 0) is 29.0 Å². The zero-order chi connectivity index (χ0) is 17.6. The van der Waals surface area contributed by atoms with Crippen LogP contribution < -0.4 is 11.1 Å². The number of fused-ring (bicyclic) bond motifs is 1. The first-order chi connectivity index (χ1) is 12.1. The fraction of sp³-hybridized carbons (Fsp3) is 0.368. The lowest BCUT2D eigenvalue weighted by Gasteiger charge is -2.27. The molecule has 0 radical (unpaired) electrons. The molecule has 5 nitrogen and oxygen atoms in total. The van der Waals surface area contributed by atoms with E-state index < -0.39 is 0 Å². The van der Waals surface area contributed by atoms with E-state index in [4.69, 9.17) is 5.73 Å². The average molecular weight is 394 g/mol. The Labute approximate surface area is 164 Å². The van der Waals surface area contributed by atoms with Crippen LogP contribution >= 0.6 is 23.7 Å². The van der Waals surface area contributed by atoms with Gasteiger partial charge in [-0.3, -0.25) is 9.59 Å². The molecule has 0 spiro atoms.